The number of thiazole rings is 1. The molecule has 1 aliphatic rings. The summed E-state index contributed by atoms with van der Waals surface area (Å²) in [5.74, 6) is -0.811. The molecule has 26 heavy (non-hydrogen) atoms. The lowest BCUT2D eigenvalue weighted by Crippen LogP contribution is -2.46. The van der Waals surface area contributed by atoms with E-state index in [4.69, 9.17) is 4.98 Å². The number of allylic oxidation sites excluding steroid dienone is 2. The van der Waals surface area contributed by atoms with Crippen molar-refractivity contribution < 1.29 is 9.59 Å². The van der Waals surface area contributed by atoms with Crippen LogP contribution < -0.4 is 10.9 Å². The van der Waals surface area contributed by atoms with E-state index in [-0.39, 0.29) is 23.7 Å². The Morgan fingerprint density at radius 1 is 1.08 bits per heavy atom. The van der Waals surface area contributed by atoms with Crippen LogP contribution >= 0.6 is 11.3 Å². The number of para-hydroxylation sites is 1. The smallest absolute Gasteiger partial charge is 0.286 e. The van der Waals surface area contributed by atoms with Crippen molar-refractivity contribution in [3.63, 3.8) is 0 Å². The Bertz CT molecular complexity index is 928. The Balaban J connectivity index is 1.49. The van der Waals surface area contributed by atoms with E-state index in [1.807, 2.05) is 30.3 Å². The number of carbonyl (C=O) groups excluding carboxylic acids is 2. The lowest BCUT2D eigenvalue weighted by atomic mass is 9.83. The third-order valence-corrected chi connectivity index (χ3v) is 5.71. The van der Waals surface area contributed by atoms with Gasteiger partial charge >= 0.3 is 0 Å². The minimum atomic E-state index is -0.369. The average Bonchev–Trinajstić information content (AvgIpc) is 3.35. The van der Waals surface area contributed by atoms with Crippen molar-refractivity contribution in [2.45, 2.75) is 18.8 Å². The number of fused-ring (bicyclic) bond motifs is 1. The Labute approximate surface area is 154 Å². The van der Waals surface area contributed by atoms with E-state index in [0.717, 1.165) is 21.6 Å². The van der Waals surface area contributed by atoms with E-state index >= 15 is 0 Å². The highest BCUT2D eigenvalue weighted by Crippen LogP contribution is 2.38. The molecule has 0 saturated heterocycles. The summed E-state index contributed by atoms with van der Waals surface area (Å²) >= 11 is 1.63. The van der Waals surface area contributed by atoms with Gasteiger partial charge < -0.3 is 4.98 Å². The molecule has 0 saturated carbocycles. The number of amides is 2. The zero-order chi connectivity index (χ0) is 17.9. The minimum Gasteiger partial charge on any atom is -0.357 e. The van der Waals surface area contributed by atoms with E-state index in [9.17, 15) is 9.59 Å². The van der Waals surface area contributed by atoms with E-state index in [0.29, 0.717) is 12.1 Å². The van der Waals surface area contributed by atoms with Crippen LogP contribution in [0.2, 0.25) is 0 Å². The van der Waals surface area contributed by atoms with E-state index in [1.165, 1.54) is 0 Å². The standard InChI is InChI=1S/C19H18N4O2S/c24-17(22-23-18(25)15-9-5-11-20-15)12-6-1-2-7-13(12)19-21-14-8-3-4-10-16(14)26-19/h1-5,8-13,20H,6-7H2,(H,22,24)(H,23,25). The summed E-state index contributed by atoms with van der Waals surface area (Å²) in [6.07, 6.45) is 7.16. The third kappa shape index (κ3) is 3.25. The van der Waals surface area contributed by atoms with Crippen LogP contribution in [0.4, 0.5) is 0 Å². The topological polar surface area (TPSA) is 86.9 Å². The predicted molar refractivity (Wildman–Crippen MR) is 101 cm³/mol. The van der Waals surface area contributed by atoms with Crippen LogP contribution in [0, 0.1) is 5.92 Å². The summed E-state index contributed by atoms with van der Waals surface area (Å²) in [4.78, 5) is 32.2. The zero-order valence-corrected chi connectivity index (χ0v) is 14.8. The number of benzene rings is 1. The average molecular weight is 366 g/mol. The molecule has 7 heteroatoms. The lowest BCUT2D eigenvalue weighted by Gasteiger charge is -2.25. The fourth-order valence-electron chi connectivity index (χ4n) is 3.18. The van der Waals surface area contributed by atoms with Crippen molar-refractivity contribution >= 4 is 33.4 Å². The molecule has 3 aromatic rings. The first kappa shape index (κ1) is 16.5. The van der Waals surface area contributed by atoms with Crippen molar-refractivity contribution in [3.05, 3.63) is 65.4 Å². The van der Waals surface area contributed by atoms with Gasteiger partial charge in [0.2, 0.25) is 5.91 Å². The van der Waals surface area contributed by atoms with Gasteiger partial charge in [0.05, 0.1) is 21.1 Å². The monoisotopic (exact) mass is 366 g/mol. The van der Waals surface area contributed by atoms with Crippen LogP contribution in [-0.4, -0.2) is 21.8 Å². The first-order chi connectivity index (χ1) is 12.7. The van der Waals surface area contributed by atoms with Crippen molar-refractivity contribution in [2.24, 2.45) is 5.92 Å². The summed E-state index contributed by atoms with van der Waals surface area (Å²) in [6, 6.07) is 11.4. The largest absolute Gasteiger partial charge is 0.357 e. The summed E-state index contributed by atoms with van der Waals surface area (Å²) in [5.41, 5.74) is 6.39. The lowest BCUT2D eigenvalue weighted by molar-refractivity contribution is -0.126. The van der Waals surface area contributed by atoms with Crippen molar-refractivity contribution in [3.8, 4) is 0 Å². The highest BCUT2D eigenvalue weighted by Gasteiger charge is 2.32. The second-order valence-electron chi connectivity index (χ2n) is 6.20. The first-order valence-electron chi connectivity index (χ1n) is 8.46. The second-order valence-corrected chi connectivity index (χ2v) is 7.27. The predicted octanol–water partition coefficient (Wildman–Crippen LogP) is 3.14. The van der Waals surface area contributed by atoms with Gasteiger partial charge in [-0.05, 0) is 37.1 Å². The fourth-order valence-corrected chi connectivity index (χ4v) is 4.32. The molecule has 3 N–H and O–H groups in total. The Hall–Kier alpha value is -2.93. The molecule has 0 fully saturated rings. The molecule has 0 aliphatic heterocycles. The number of hydrogen-bond donors (Lipinski definition) is 3. The molecule has 6 nitrogen and oxygen atoms in total. The minimum absolute atomic E-state index is 0.0137. The number of aromatic nitrogens is 2. The van der Waals surface area contributed by atoms with Crippen molar-refractivity contribution in [1.82, 2.24) is 20.8 Å². The number of hydrogen-bond acceptors (Lipinski definition) is 4. The summed E-state index contributed by atoms with van der Waals surface area (Å²) < 4.78 is 1.12. The number of nitrogens with zero attached hydrogens (tertiary/aromatic N) is 1. The van der Waals surface area contributed by atoms with Gasteiger partial charge in [-0.3, -0.25) is 20.4 Å². The molecule has 0 bridgehead atoms. The summed E-state index contributed by atoms with van der Waals surface area (Å²) in [5, 5.41) is 0.964. The van der Waals surface area contributed by atoms with Crippen LogP contribution in [-0.2, 0) is 4.79 Å². The summed E-state index contributed by atoms with van der Waals surface area (Å²) in [7, 11) is 0. The number of rotatable bonds is 3. The highest BCUT2D eigenvalue weighted by molar-refractivity contribution is 7.18. The molecule has 2 heterocycles. The van der Waals surface area contributed by atoms with Crippen molar-refractivity contribution in [2.75, 3.05) is 0 Å². The number of nitrogens with one attached hydrogen (secondary N) is 3. The number of aromatic amines is 1. The summed E-state index contributed by atoms with van der Waals surface area (Å²) in [6.45, 7) is 0. The van der Waals surface area contributed by atoms with E-state index in [1.54, 1.807) is 29.7 Å². The SMILES string of the molecule is O=C(NNC(=O)C1CC=CCC1c1nc2ccccc2s1)c1ccc[nH]1. The van der Waals surface area contributed by atoms with E-state index in [2.05, 4.69) is 21.9 Å². The van der Waals surface area contributed by atoms with Gasteiger partial charge in [-0.1, -0.05) is 24.3 Å². The molecule has 4 rings (SSSR count). The van der Waals surface area contributed by atoms with Gasteiger partial charge in [0.15, 0.2) is 0 Å². The van der Waals surface area contributed by atoms with Gasteiger partial charge in [0.25, 0.3) is 5.91 Å². The molecule has 2 atom stereocenters. The maximum absolute atomic E-state index is 12.7. The quantitative estimate of drug-likeness (QED) is 0.492. The van der Waals surface area contributed by atoms with Crippen LogP contribution in [0.1, 0.15) is 34.3 Å². The number of carbonyl (C=O) groups is 2. The molecule has 0 radical (unpaired) electrons. The normalized spacial score (nSPS) is 19.4. The van der Waals surface area contributed by atoms with E-state index < -0.39 is 0 Å². The second kappa shape index (κ2) is 7.13. The fraction of sp³-hybridized carbons (Fsp3) is 0.211. The van der Waals surface area contributed by atoms with Gasteiger partial charge in [-0.15, -0.1) is 11.3 Å². The maximum atomic E-state index is 12.7. The molecule has 1 aromatic carbocycles. The van der Waals surface area contributed by atoms with Crippen molar-refractivity contribution in [1.29, 1.82) is 0 Å². The molecule has 1 aliphatic carbocycles. The van der Waals surface area contributed by atoms with Gasteiger partial charge in [0, 0.05) is 12.1 Å². The van der Waals surface area contributed by atoms with Gasteiger partial charge in [-0.25, -0.2) is 4.98 Å². The molecule has 2 amide bonds. The van der Waals surface area contributed by atoms with Crippen LogP contribution in [0.3, 0.4) is 0 Å². The Morgan fingerprint density at radius 3 is 2.73 bits per heavy atom. The highest BCUT2D eigenvalue weighted by atomic mass is 32.1. The third-order valence-electron chi connectivity index (χ3n) is 4.54. The van der Waals surface area contributed by atoms with Gasteiger partial charge in [-0.2, -0.15) is 0 Å². The Morgan fingerprint density at radius 2 is 1.92 bits per heavy atom. The molecular weight excluding hydrogens is 348 g/mol. The van der Waals surface area contributed by atoms with Gasteiger partial charge in [0.1, 0.15) is 5.69 Å². The molecule has 132 valence electrons. The first-order valence-corrected chi connectivity index (χ1v) is 9.28. The Kier molecular flexibility index (Phi) is 4.53. The number of hydrazine groups is 1. The van der Waals surface area contributed by atoms with Crippen LogP contribution in [0.5, 0.6) is 0 Å². The van der Waals surface area contributed by atoms with Crippen LogP contribution in [0.15, 0.2) is 54.7 Å². The molecule has 2 unspecified atom stereocenters. The number of H-pyrrole nitrogens is 1. The van der Waals surface area contributed by atoms with Crippen LogP contribution in [0.25, 0.3) is 10.2 Å². The molecule has 0 spiro atoms. The molecule has 2 aromatic heterocycles. The maximum Gasteiger partial charge on any atom is 0.286 e. The molecular formula is C19H18N4O2S. The zero-order valence-electron chi connectivity index (χ0n) is 13.9.